The molecule has 1 unspecified atom stereocenters. The molecule has 0 aromatic carbocycles. The predicted octanol–water partition coefficient (Wildman–Crippen LogP) is 1.59. The SMILES string of the molecule is CCCCC(Br)C(=O)C(=O)O. The number of carbonyl (C=O) groups excluding carboxylic acids is 1. The van der Waals surface area contributed by atoms with Crippen molar-refractivity contribution < 1.29 is 14.7 Å². The molecule has 0 saturated carbocycles. The normalized spacial score (nSPS) is 12.5. The zero-order valence-electron chi connectivity index (χ0n) is 6.34. The number of rotatable bonds is 5. The third-order valence-corrected chi connectivity index (χ3v) is 2.18. The fraction of sp³-hybridized carbons (Fsp3) is 0.714. The Hall–Kier alpha value is -0.380. The Morgan fingerprint density at radius 2 is 2.09 bits per heavy atom. The van der Waals surface area contributed by atoms with E-state index in [9.17, 15) is 9.59 Å². The van der Waals surface area contributed by atoms with Gasteiger partial charge in [0.25, 0.3) is 5.78 Å². The van der Waals surface area contributed by atoms with Crippen molar-refractivity contribution in [3.8, 4) is 0 Å². The van der Waals surface area contributed by atoms with Crippen LogP contribution in [-0.4, -0.2) is 21.7 Å². The van der Waals surface area contributed by atoms with Crippen LogP contribution in [0.3, 0.4) is 0 Å². The number of alkyl halides is 1. The number of hydrogen-bond donors (Lipinski definition) is 1. The minimum atomic E-state index is -1.36. The van der Waals surface area contributed by atoms with Gasteiger partial charge in [0, 0.05) is 0 Å². The maximum atomic E-state index is 10.7. The topological polar surface area (TPSA) is 54.4 Å². The molecule has 0 aromatic rings. The summed E-state index contributed by atoms with van der Waals surface area (Å²) in [7, 11) is 0. The molecule has 1 atom stereocenters. The standard InChI is InChI=1S/C7H11BrO3/c1-2-3-4-5(8)6(9)7(10)11/h5H,2-4H2,1H3,(H,10,11). The predicted molar refractivity (Wildman–Crippen MR) is 44.9 cm³/mol. The molecular weight excluding hydrogens is 212 g/mol. The molecule has 0 saturated heterocycles. The number of Topliss-reactive ketones (excluding diaryl/α,β-unsaturated/α-hetero) is 1. The Balaban J connectivity index is 3.73. The second-order valence-electron chi connectivity index (χ2n) is 2.28. The third kappa shape index (κ3) is 4.14. The Morgan fingerprint density at radius 1 is 1.55 bits per heavy atom. The van der Waals surface area contributed by atoms with E-state index in [2.05, 4.69) is 15.9 Å². The van der Waals surface area contributed by atoms with E-state index in [0.717, 1.165) is 12.8 Å². The van der Waals surface area contributed by atoms with E-state index >= 15 is 0 Å². The van der Waals surface area contributed by atoms with Crippen molar-refractivity contribution in [2.45, 2.75) is 31.0 Å². The van der Waals surface area contributed by atoms with E-state index in [1.807, 2.05) is 6.92 Å². The summed E-state index contributed by atoms with van der Waals surface area (Å²) in [6.07, 6.45) is 2.44. The van der Waals surface area contributed by atoms with Gasteiger partial charge in [0.15, 0.2) is 0 Å². The molecular formula is C7H11BrO3. The number of halogens is 1. The molecule has 64 valence electrons. The number of hydrogen-bond acceptors (Lipinski definition) is 2. The molecule has 0 bridgehead atoms. The fourth-order valence-electron chi connectivity index (χ4n) is 0.648. The minimum absolute atomic E-state index is 0.514. The van der Waals surface area contributed by atoms with Crippen molar-refractivity contribution in [1.82, 2.24) is 0 Å². The molecule has 0 aromatic heterocycles. The summed E-state index contributed by atoms with van der Waals surface area (Å²) >= 11 is 3.01. The van der Waals surface area contributed by atoms with E-state index < -0.39 is 16.6 Å². The van der Waals surface area contributed by atoms with Gasteiger partial charge in [-0.05, 0) is 6.42 Å². The van der Waals surface area contributed by atoms with E-state index in [1.165, 1.54) is 0 Å². The van der Waals surface area contributed by atoms with Gasteiger partial charge in [0.1, 0.15) is 0 Å². The highest BCUT2D eigenvalue weighted by Crippen LogP contribution is 2.10. The molecule has 0 aliphatic rings. The molecule has 11 heavy (non-hydrogen) atoms. The fourth-order valence-corrected chi connectivity index (χ4v) is 1.17. The Labute approximate surface area is 73.9 Å². The van der Waals surface area contributed by atoms with Gasteiger partial charge >= 0.3 is 5.97 Å². The van der Waals surface area contributed by atoms with Crippen LogP contribution in [0, 0.1) is 0 Å². The summed E-state index contributed by atoms with van der Waals surface area (Å²) in [5.41, 5.74) is 0. The lowest BCUT2D eigenvalue weighted by molar-refractivity contribution is -0.148. The number of carboxylic acid groups (broad SMARTS) is 1. The lowest BCUT2D eigenvalue weighted by Crippen LogP contribution is -2.23. The number of aliphatic carboxylic acids is 1. The Morgan fingerprint density at radius 3 is 2.45 bits per heavy atom. The van der Waals surface area contributed by atoms with E-state index in [0.29, 0.717) is 6.42 Å². The van der Waals surface area contributed by atoms with Crippen molar-refractivity contribution in [2.75, 3.05) is 0 Å². The molecule has 0 spiro atoms. The maximum absolute atomic E-state index is 10.7. The smallest absolute Gasteiger partial charge is 0.373 e. The van der Waals surface area contributed by atoms with Crippen molar-refractivity contribution in [2.24, 2.45) is 0 Å². The second-order valence-corrected chi connectivity index (χ2v) is 3.38. The van der Waals surface area contributed by atoms with Crippen LogP contribution in [0.5, 0.6) is 0 Å². The molecule has 0 fully saturated rings. The van der Waals surface area contributed by atoms with Gasteiger partial charge in [-0.1, -0.05) is 35.7 Å². The number of ketones is 1. The summed E-state index contributed by atoms with van der Waals surface area (Å²) in [5, 5.41) is 8.27. The Kier molecular flexibility index (Phi) is 5.11. The van der Waals surface area contributed by atoms with Crippen molar-refractivity contribution >= 4 is 27.7 Å². The summed E-state index contributed by atoms with van der Waals surface area (Å²) in [5.74, 6) is -2.11. The summed E-state index contributed by atoms with van der Waals surface area (Å²) < 4.78 is 0. The van der Waals surface area contributed by atoms with Gasteiger partial charge in [0.2, 0.25) is 0 Å². The van der Waals surface area contributed by atoms with Crippen LogP contribution in [0.4, 0.5) is 0 Å². The minimum Gasteiger partial charge on any atom is -0.475 e. The molecule has 0 amide bonds. The largest absolute Gasteiger partial charge is 0.475 e. The Bertz CT molecular complexity index is 156. The summed E-state index contributed by atoms with van der Waals surface area (Å²) in [6, 6.07) is 0. The summed E-state index contributed by atoms with van der Waals surface area (Å²) in [4.78, 5) is 20.3. The van der Waals surface area contributed by atoms with Gasteiger partial charge in [-0.15, -0.1) is 0 Å². The highest BCUT2D eigenvalue weighted by atomic mass is 79.9. The molecule has 0 aliphatic heterocycles. The third-order valence-electron chi connectivity index (χ3n) is 1.31. The van der Waals surface area contributed by atoms with Crippen LogP contribution in [0.2, 0.25) is 0 Å². The van der Waals surface area contributed by atoms with Crippen LogP contribution >= 0.6 is 15.9 Å². The number of carboxylic acids is 1. The van der Waals surface area contributed by atoms with E-state index in [-0.39, 0.29) is 0 Å². The van der Waals surface area contributed by atoms with Crippen molar-refractivity contribution in [3.63, 3.8) is 0 Å². The van der Waals surface area contributed by atoms with Crippen LogP contribution < -0.4 is 0 Å². The van der Waals surface area contributed by atoms with E-state index in [1.54, 1.807) is 0 Å². The molecule has 1 N–H and O–H groups in total. The van der Waals surface area contributed by atoms with Gasteiger partial charge < -0.3 is 5.11 Å². The summed E-state index contributed by atoms with van der Waals surface area (Å²) in [6.45, 7) is 1.99. The van der Waals surface area contributed by atoms with Crippen LogP contribution in [0.1, 0.15) is 26.2 Å². The molecule has 0 aliphatic carbocycles. The van der Waals surface area contributed by atoms with E-state index in [4.69, 9.17) is 5.11 Å². The first-order valence-electron chi connectivity index (χ1n) is 3.50. The monoisotopic (exact) mass is 222 g/mol. The first-order valence-corrected chi connectivity index (χ1v) is 4.42. The van der Waals surface area contributed by atoms with Crippen molar-refractivity contribution in [1.29, 1.82) is 0 Å². The molecule has 3 nitrogen and oxygen atoms in total. The quantitative estimate of drug-likeness (QED) is 0.568. The zero-order chi connectivity index (χ0) is 8.85. The van der Waals surface area contributed by atoms with Gasteiger partial charge in [-0.3, -0.25) is 4.79 Å². The van der Waals surface area contributed by atoms with Gasteiger partial charge in [0.05, 0.1) is 4.83 Å². The first kappa shape index (κ1) is 10.6. The van der Waals surface area contributed by atoms with Crippen LogP contribution in [0.15, 0.2) is 0 Å². The number of carbonyl (C=O) groups is 2. The highest BCUT2D eigenvalue weighted by Gasteiger charge is 2.20. The molecule has 0 rings (SSSR count). The average Bonchev–Trinajstić information content (AvgIpc) is 1.98. The lowest BCUT2D eigenvalue weighted by Gasteiger charge is -2.02. The van der Waals surface area contributed by atoms with Crippen LogP contribution in [0.25, 0.3) is 0 Å². The zero-order valence-corrected chi connectivity index (χ0v) is 7.93. The second kappa shape index (κ2) is 5.29. The molecule has 0 radical (unpaired) electrons. The molecule has 4 heteroatoms. The average molecular weight is 223 g/mol. The van der Waals surface area contributed by atoms with Gasteiger partial charge in [-0.2, -0.15) is 0 Å². The highest BCUT2D eigenvalue weighted by molar-refractivity contribution is 9.10. The molecule has 0 heterocycles. The van der Waals surface area contributed by atoms with Gasteiger partial charge in [-0.25, -0.2) is 4.79 Å². The van der Waals surface area contributed by atoms with Crippen LogP contribution in [-0.2, 0) is 9.59 Å². The van der Waals surface area contributed by atoms with Crippen molar-refractivity contribution in [3.05, 3.63) is 0 Å². The lowest BCUT2D eigenvalue weighted by atomic mass is 10.1. The number of unbranched alkanes of at least 4 members (excludes halogenated alkanes) is 1. The first-order chi connectivity index (χ1) is 5.09. The maximum Gasteiger partial charge on any atom is 0.373 e.